The minimum absolute atomic E-state index is 0.321. The highest BCUT2D eigenvalue weighted by atomic mass is 79.9. The lowest BCUT2D eigenvalue weighted by molar-refractivity contribution is 0.351. The number of hydrogen-bond donors (Lipinski definition) is 1. The Hall–Kier alpha value is -1.32. The standard InChI is InChI=1S/C18H20BrNO/c1-12-3-5-14(6-4-12)13(2)20-11-16-10-17(19)9-15-7-8-21-18(15)16/h3-6,9-10,13,20H,7-8,11H2,1-2H3. The highest BCUT2D eigenvalue weighted by molar-refractivity contribution is 9.10. The predicted molar refractivity (Wildman–Crippen MR) is 89.8 cm³/mol. The fourth-order valence-corrected chi connectivity index (χ4v) is 3.27. The average molecular weight is 346 g/mol. The average Bonchev–Trinajstić information content (AvgIpc) is 2.93. The zero-order chi connectivity index (χ0) is 14.8. The second-order valence-electron chi connectivity index (χ2n) is 5.66. The first kappa shape index (κ1) is 14.6. The lowest BCUT2D eigenvalue weighted by Gasteiger charge is -2.16. The molecule has 1 heterocycles. The molecule has 0 saturated carbocycles. The van der Waals surface area contributed by atoms with Crippen molar-refractivity contribution in [2.75, 3.05) is 6.61 Å². The van der Waals surface area contributed by atoms with Crippen LogP contribution in [0.15, 0.2) is 40.9 Å². The van der Waals surface area contributed by atoms with Gasteiger partial charge in [0.2, 0.25) is 0 Å². The Morgan fingerprint density at radius 1 is 1.24 bits per heavy atom. The number of hydrogen-bond acceptors (Lipinski definition) is 2. The van der Waals surface area contributed by atoms with Crippen LogP contribution in [0.3, 0.4) is 0 Å². The van der Waals surface area contributed by atoms with Crippen molar-refractivity contribution in [3.8, 4) is 5.75 Å². The SMILES string of the molecule is Cc1ccc(C(C)NCc2cc(Br)cc3c2OCC3)cc1. The molecular formula is C18H20BrNO. The highest BCUT2D eigenvalue weighted by Gasteiger charge is 2.17. The number of nitrogens with one attached hydrogen (secondary N) is 1. The molecule has 3 rings (SSSR count). The van der Waals surface area contributed by atoms with Crippen LogP contribution in [-0.4, -0.2) is 6.61 Å². The largest absolute Gasteiger partial charge is 0.493 e. The molecular weight excluding hydrogens is 326 g/mol. The molecule has 0 aliphatic carbocycles. The van der Waals surface area contributed by atoms with Crippen LogP contribution in [0.2, 0.25) is 0 Å². The van der Waals surface area contributed by atoms with Crippen LogP contribution in [0.5, 0.6) is 5.75 Å². The van der Waals surface area contributed by atoms with Gasteiger partial charge in [0, 0.05) is 29.0 Å². The van der Waals surface area contributed by atoms with Gasteiger partial charge in [-0.25, -0.2) is 0 Å². The summed E-state index contributed by atoms with van der Waals surface area (Å²) >= 11 is 3.59. The van der Waals surface area contributed by atoms with Gasteiger partial charge in [0.15, 0.2) is 0 Å². The van der Waals surface area contributed by atoms with Crippen LogP contribution in [-0.2, 0) is 13.0 Å². The minimum Gasteiger partial charge on any atom is -0.493 e. The molecule has 3 heteroatoms. The summed E-state index contributed by atoms with van der Waals surface area (Å²) in [7, 11) is 0. The Morgan fingerprint density at radius 3 is 2.76 bits per heavy atom. The summed E-state index contributed by atoms with van der Waals surface area (Å²) < 4.78 is 6.91. The Labute approximate surface area is 134 Å². The second-order valence-corrected chi connectivity index (χ2v) is 6.58. The van der Waals surface area contributed by atoms with Crippen LogP contribution >= 0.6 is 15.9 Å². The van der Waals surface area contributed by atoms with Gasteiger partial charge < -0.3 is 10.1 Å². The van der Waals surface area contributed by atoms with E-state index in [4.69, 9.17) is 4.74 Å². The minimum atomic E-state index is 0.321. The molecule has 0 amide bonds. The van der Waals surface area contributed by atoms with Gasteiger partial charge >= 0.3 is 0 Å². The van der Waals surface area contributed by atoms with E-state index in [-0.39, 0.29) is 0 Å². The van der Waals surface area contributed by atoms with Crippen molar-refractivity contribution in [3.63, 3.8) is 0 Å². The molecule has 1 unspecified atom stereocenters. The molecule has 1 aliphatic heterocycles. The number of aryl methyl sites for hydroxylation is 1. The van der Waals surface area contributed by atoms with E-state index in [9.17, 15) is 0 Å². The summed E-state index contributed by atoms with van der Waals surface area (Å²) in [5, 5.41) is 3.59. The van der Waals surface area contributed by atoms with Crippen LogP contribution in [0.25, 0.3) is 0 Å². The Bertz CT molecular complexity index is 636. The lowest BCUT2D eigenvalue weighted by atomic mass is 10.1. The number of fused-ring (bicyclic) bond motifs is 1. The fourth-order valence-electron chi connectivity index (χ4n) is 2.71. The van der Waals surface area contributed by atoms with E-state index in [1.165, 1.54) is 22.3 Å². The van der Waals surface area contributed by atoms with Gasteiger partial charge in [0.25, 0.3) is 0 Å². The predicted octanol–water partition coefficient (Wildman–Crippen LogP) is 4.54. The summed E-state index contributed by atoms with van der Waals surface area (Å²) in [6.07, 6.45) is 1.01. The van der Waals surface area contributed by atoms with Crippen molar-refractivity contribution in [1.82, 2.24) is 5.32 Å². The van der Waals surface area contributed by atoms with Crippen LogP contribution in [0.4, 0.5) is 0 Å². The maximum absolute atomic E-state index is 5.78. The van der Waals surface area contributed by atoms with Crippen molar-refractivity contribution in [3.05, 3.63) is 63.1 Å². The molecule has 21 heavy (non-hydrogen) atoms. The van der Waals surface area contributed by atoms with E-state index in [1.54, 1.807) is 0 Å². The van der Waals surface area contributed by atoms with Crippen molar-refractivity contribution in [2.45, 2.75) is 32.9 Å². The van der Waals surface area contributed by atoms with Gasteiger partial charge in [-0.1, -0.05) is 45.8 Å². The van der Waals surface area contributed by atoms with Crippen molar-refractivity contribution >= 4 is 15.9 Å². The smallest absolute Gasteiger partial charge is 0.127 e. The molecule has 1 atom stereocenters. The van der Waals surface area contributed by atoms with Crippen LogP contribution < -0.4 is 10.1 Å². The summed E-state index contributed by atoms with van der Waals surface area (Å²) in [4.78, 5) is 0. The van der Waals surface area contributed by atoms with Gasteiger partial charge in [-0.3, -0.25) is 0 Å². The molecule has 0 fully saturated rings. The van der Waals surface area contributed by atoms with Gasteiger partial charge in [0.1, 0.15) is 5.75 Å². The topological polar surface area (TPSA) is 21.3 Å². The molecule has 0 spiro atoms. The molecule has 1 aliphatic rings. The quantitative estimate of drug-likeness (QED) is 0.877. The third-order valence-corrected chi connectivity index (χ3v) is 4.46. The molecule has 0 radical (unpaired) electrons. The third-order valence-electron chi connectivity index (χ3n) is 4.00. The van der Waals surface area contributed by atoms with E-state index in [2.05, 4.69) is 71.5 Å². The molecule has 2 nitrogen and oxygen atoms in total. The fraction of sp³-hybridized carbons (Fsp3) is 0.333. The first-order valence-corrected chi connectivity index (χ1v) is 8.17. The maximum atomic E-state index is 5.78. The van der Waals surface area contributed by atoms with Crippen molar-refractivity contribution in [2.24, 2.45) is 0 Å². The van der Waals surface area contributed by atoms with Crippen molar-refractivity contribution in [1.29, 1.82) is 0 Å². The van der Waals surface area contributed by atoms with Gasteiger partial charge in [-0.2, -0.15) is 0 Å². The first-order chi connectivity index (χ1) is 10.1. The summed E-state index contributed by atoms with van der Waals surface area (Å²) in [5.41, 5.74) is 5.15. The van der Waals surface area contributed by atoms with Gasteiger partial charge in [-0.05, 0) is 37.1 Å². The normalized spacial score (nSPS) is 14.6. The zero-order valence-electron chi connectivity index (χ0n) is 12.4. The molecule has 0 bridgehead atoms. The maximum Gasteiger partial charge on any atom is 0.127 e. The van der Waals surface area contributed by atoms with E-state index in [1.807, 2.05) is 0 Å². The van der Waals surface area contributed by atoms with Gasteiger partial charge in [0.05, 0.1) is 6.61 Å². The van der Waals surface area contributed by atoms with Gasteiger partial charge in [-0.15, -0.1) is 0 Å². The lowest BCUT2D eigenvalue weighted by Crippen LogP contribution is -2.18. The molecule has 0 aromatic heterocycles. The van der Waals surface area contributed by atoms with Crippen LogP contribution in [0.1, 0.15) is 35.2 Å². The Kier molecular flexibility index (Phi) is 4.32. The molecule has 0 saturated heterocycles. The van der Waals surface area contributed by atoms with E-state index < -0.39 is 0 Å². The van der Waals surface area contributed by atoms with E-state index in [0.29, 0.717) is 6.04 Å². The number of rotatable bonds is 4. The monoisotopic (exact) mass is 345 g/mol. The molecule has 1 N–H and O–H groups in total. The number of benzene rings is 2. The summed E-state index contributed by atoms with van der Waals surface area (Å²) in [6, 6.07) is 13.3. The van der Waals surface area contributed by atoms with E-state index >= 15 is 0 Å². The van der Waals surface area contributed by atoms with E-state index in [0.717, 1.165) is 29.8 Å². The number of ether oxygens (including phenoxy) is 1. The highest BCUT2D eigenvalue weighted by Crippen LogP contribution is 2.33. The molecule has 2 aromatic rings. The Balaban J connectivity index is 1.72. The molecule has 2 aromatic carbocycles. The summed E-state index contributed by atoms with van der Waals surface area (Å²) in [5.74, 6) is 1.07. The second kappa shape index (κ2) is 6.20. The Morgan fingerprint density at radius 2 is 2.00 bits per heavy atom. The third kappa shape index (κ3) is 3.30. The van der Waals surface area contributed by atoms with Crippen LogP contribution in [0, 0.1) is 6.92 Å². The summed E-state index contributed by atoms with van der Waals surface area (Å²) in [6.45, 7) is 5.93. The van der Waals surface area contributed by atoms with Crippen molar-refractivity contribution < 1.29 is 4.74 Å². The zero-order valence-corrected chi connectivity index (χ0v) is 14.0. The first-order valence-electron chi connectivity index (χ1n) is 7.37. The molecule has 110 valence electrons. The number of halogens is 1.